The van der Waals surface area contributed by atoms with E-state index in [4.69, 9.17) is 9.97 Å². The minimum Gasteiger partial charge on any atom is -0.374 e. The number of hydrogen-bond donors (Lipinski definition) is 3. The Kier molecular flexibility index (Phi) is 13.9. The summed E-state index contributed by atoms with van der Waals surface area (Å²) < 4.78 is 0. The van der Waals surface area contributed by atoms with Crippen molar-refractivity contribution in [1.29, 1.82) is 0 Å². The molecule has 2 amide bonds. The topological polar surface area (TPSA) is 127 Å². The number of rotatable bonds is 10. The van der Waals surface area contributed by atoms with Gasteiger partial charge in [0.25, 0.3) is 5.91 Å². The first-order valence-corrected chi connectivity index (χ1v) is 22.9. The predicted molar refractivity (Wildman–Crippen MR) is 260 cm³/mol. The summed E-state index contributed by atoms with van der Waals surface area (Å²) in [6.07, 6.45) is 8.78. The molecule has 11 nitrogen and oxygen atoms in total. The second-order valence-corrected chi connectivity index (χ2v) is 17.1. The molecule has 11 heteroatoms. The molecule has 0 bridgehead atoms. The summed E-state index contributed by atoms with van der Waals surface area (Å²) in [5, 5.41) is 16.6. The Morgan fingerprint density at radius 3 is 2.48 bits per heavy atom. The number of carbonyl (C=O) groups excluding carboxylic acids is 2. The van der Waals surface area contributed by atoms with Crippen molar-refractivity contribution in [1.82, 2.24) is 35.0 Å². The number of nitrogens with zero attached hydrogens (tertiary/aromatic N) is 6. The van der Waals surface area contributed by atoms with E-state index in [1.165, 1.54) is 0 Å². The average molecular weight is 875 g/mol. The summed E-state index contributed by atoms with van der Waals surface area (Å²) in [5.41, 5.74) is 9.48. The molecular weight excluding hydrogens is 821 g/mol. The molecule has 2 atom stereocenters. The second kappa shape index (κ2) is 20.8. The monoisotopic (exact) mass is 874 g/mol. The Morgan fingerprint density at radius 1 is 0.864 bits per heavy atom. The van der Waals surface area contributed by atoms with Crippen LogP contribution in [0.5, 0.6) is 0 Å². The summed E-state index contributed by atoms with van der Waals surface area (Å²) >= 11 is 0. The highest BCUT2D eigenvalue weighted by molar-refractivity contribution is 5.94. The lowest BCUT2D eigenvalue weighted by molar-refractivity contribution is -0.128. The van der Waals surface area contributed by atoms with Gasteiger partial charge in [0.15, 0.2) is 5.82 Å². The number of fused-ring (bicyclic) bond motifs is 2. The van der Waals surface area contributed by atoms with E-state index in [9.17, 15) is 14.7 Å². The molecule has 2 unspecified atom stereocenters. The van der Waals surface area contributed by atoms with Gasteiger partial charge < -0.3 is 20.6 Å². The van der Waals surface area contributed by atoms with Crippen LogP contribution in [0.1, 0.15) is 74.6 Å². The zero-order valence-electron chi connectivity index (χ0n) is 37.3. The summed E-state index contributed by atoms with van der Waals surface area (Å²) in [6.45, 7) is 6.67. The van der Waals surface area contributed by atoms with E-state index >= 15 is 0 Å². The van der Waals surface area contributed by atoms with Crippen LogP contribution in [0.4, 0.5) is 5.82 Å². The van der Waals surface area contributed by atoms with Gasteiger partial charge >= 0.3 is 0 Å². The predicted octanol–water partition coefficient (Wildman–Crippen LogP) is 6.91. The molecule has 2 aromatic heterocycles. The zero-order valence-corrected chi connectivity index (χ0v) is 37.3. The summed E-state index contributed by atoms with van der Waals surface area (Å²) in [7, 11) is 1.87. The number of piperidine rings is 1. The number of aliphatic hydroxyl groups excluding tert-OH is 1. The lowest BCUT2D eigenvalue weighted by Crippen LogP contribution is -2.46. The van der Waals surface area contributed by atoms with Crippen LogP contribution < -0.4 is 10.6 Å². The largest absolute Gasteiger partial charge is 0.374 e. The van der Waals surface area contributed by atoms with E-state index in [2.05, 4.69) is 91.6 Å². The van der Waals surface area contributed by atoms with Crippen LogP contribution in [0.15, 0.2) is 115 Å². The Hall–Kier alpha value is -7.15. The Balaban J connectivity index is 0.700. The van der Waals surface area contributed by atoms with Crippen LogP contribution >= 0.6 is 0 Å². The van der Waals surface area contributed by atoms with Crippen LogP contribution in [0, 0.1) is 23.7 Å². The van der Waals surface area contributed by atoms with Crippen LogP contribution in [-0.2, 0) is 24.2 Å². The van der Waals surface area contributed by atoms with Gasteiger partial charge in [0.1, 0.15) is 12.0 Å². The van der Waals surface area contributed by atoms with E-state index in [1.54, 1.807) is 0 Å². The molecule has 66 heavy (non-hydrogen) atoms. The number of allylic oxidation sites excluding steroid dienone is 1. The second-order valence-electron chi connectivity index (χ2n) is 17.1. The van der Waals surface area contributed by atoms with E-state index in [-0.39, 0.29) is 17.7 Å². The van der Waals surface area contributed by atoms with Gasteiger partial charge in [0.05, 0.1) is 30.2 Å². The lowest BCUT2D eigenvalue weighted by Gasteiger charge is -2.33. The van der Waals surface area contributed by atoms with Gasteiger partial charge in [0.2, 0.25) is 5.91 Å². The van der Waals surface area contributed by atoms with Crippen LogP contribution in [0.2, 0.25) is 0 Å². The molecule has 0 spiro atoms. The maximum absolute atomic E-state index is 13.7. The highest BCUT2D eigenvalue weighted by atomic mass is 16.3. The Labute approximate surface area is 387 Å². The molecule has 0 saturated carbocycles. The number of aliphatic hydroxyl groups is 1. The first-order valence-electron chi connectivity index (χ1n) is 22.9. The van der Waals surface area contributed by atoms with Crippen LogP contribution in [0.25, 0.3) is 28.4 Å². The minimum atomic E-state index is -0.745. The van der Waals surface area contributed by atoms with Gasteiger partial charge in [-0.1, -0.05) is 90.4 Å². The van der Waals surface area contributed by atoms with Crippen molar-refractivity contribution in [2.24, 2.45) is 0 Å². The van der Waals surface area contributed by atoms with Gasteiger partial charge in [0, 0.05) is 92.1 Å². The molecule has 332 valence electrons. The summed E-state index contributed by atoms with van der Waals surface area (Å²) in [6, 6.07) is 34.2. The number of pyridine rings is 1. The van der Waals surface area contributed by atoms with E-state index < -0.39 is 6.23 Å². The SMILES string of the molecule is CNc1nc(-c2cnc3ccccc3c2)nc2c1CCN(C(=O)c1ccc(C/C=C/c3ccc(C#CCN4CCN(CCC#Cc5cccc(C6CCC(O)NC6=O)c5)CC4)cc3)cc1)C2. The van der Waals surface area contributed by atoms with Crippen molar-refractivity contribution in [3.63, 3.8) is 0 Å². The average Bonchev–Trinajstić information content (AvgIpc) is 3.35. The van der Waals surface area contributed by atoms with Crippen LogP contribution in [0.3, 0.4) is 0 Å². The molecule has 9 rings (SSSR count). The van der Waals surface area contributed by atoms with Crippen molar-refractivity contribution in [2.45, 2.75) is 50.8 Å². The molecule has 6 aromatic rings. The Bertz CT molecular complexity index is 2860. The quantitative estimate of drug-likeness (QED) is 0.126. The molecule has 4 aromatic carbocycles. The fourth-order valence-electron chi connectivity index (χ4n) is 8.85. The van der Waals surface area contributed by atoms with Crippen molar-refractivity contribution in [3.05, 3.63) is 160 Å². The number of piperazine rings is 1. The molecule has 3 N–H and O–H groups in total. The van der Waals surface area contributed by atoms with E-state index in [0.717, 1.165) is 113 Å². The van der Waals surface area contributed by atoms with Gasteiger partial charge in [-0.05, 0) is 90.9 Å². The Morgan fingerprint density at radius 2 is 1.67 bits per heavy atom. The number of hydrogen-bond acceptors (Lipinski definition) is 9. The highest BCUT2D eigenvalue weighted by Gasteiger charge is 2.29. The molecule has 5 heterocycles. The van der Waals surface area contributed by atoms with Crippen molar-refractivity contribution in [3.8, 4) is 35.1 Å². The third kappa shape index (κ3) is 10.8. The van der Waals surface area contributed by atoms with Crippen molar-refractivity contribution >= 4 is 34.6 Å². The fraction of sp³-hybridized carbons (Fsp3) is 0.291. The number of carbonyl (C=O) groups is 2. The molecule has 0 aliphatic carbocycles. The van der Waals surface area contributed by atoms with Crippen LogP contribution in [-0.4, -0.2) is 106 Å². The standard InChI is InChI=1S/C55H54N8O3/c1-56-53-48-27-30-63(38-50(48)58-52(60-53)46-36-45-14-2-3-16-49(45)57-37-46)55(66)43-23-21-40(22-24-43)11-6-10-39-17-19-41(20-18-39)13-8-29-62-33-31-61(32-34-62)28-5-4-9-42-12-7-15-44(35-42)47-25-26-51(64)59-54(47)65/h2-3,6-7,10,12,14-24,35-37,47,51,64H,5,11,25-34,38H2,1H3,(H,59,65)(H,56,58,60)/b10-6+. The maximum Gasteiger partial charge on any atom is 0.254 e. The molecule has 3 aliphatic rings. The number of nitrogens with one attached hydrogen (secondary N) is 2. The molecule has 2 saturated heterocycles. The fourth-order valence-corrected chi connectivity index (χ4v) is 8.85. The number of anilines is 1. The van der Waals surface area contributed by atoms with Crippen molar-refractivity contribution in [2.75, 3.05) is 58.2 Å². The molecular formula is C55H54N8O3. The summed E-state index contributed by atoms with van der Waals surface area (Å²) in [4.78, 5) is 47.2. The lowest BCUT2D eigenvalue weighted by atomic mass is 9.89. The number of amides is 2. The normalized spacial score (nSPS) is 17.6. The number of para-hydroxylation sites is 1. The zero-order chi connectivity index (χ0) is 45.2. The van der Waals surface area contributed by atoms with Gasteiger partial charge in [-0.15, -0.1) is 0 Å². The number of aromatic nitrogens is 3. The number of benzene rings is 4. The molecule has 3 aliphatic heterocycles. The third-order valence-electron chi connectivity index (χ3n) is 12.6. The van der Waals surface area contributed by atoms with Gasteiger partial charge in [-0.2, -0.15) is 0 Å². The third-order valence-corrected chi connectivity index (χ3v) is 12.6. The van der Waals surface area contributed by atoms with E-state index in [1.807, 2.05) is 90.9 Å². The molecule has 2 fully saturated rings. The highest BCUT2D eigenvalue weighted by Crippen LogP contribution is 2.29. The van der Waals surface area contributed by atoms with Gasteiger partial charge in [-0.3, -0.25) is 24.4 Å². The smallest absolute Gasteiger partial charge is 0.254 e. The van der Waals surface area contributed by atoms with Crippen molar-refractivity contribution < 1.29 is 14.7 Å². The first kappa shape index (κ1) is 44.1. The van der Waals surface area contributed by atoms with E-state index in [0.29, 0.717) is 43.7 Å². The summed E-state index contributed by atoms with van der Waals surface area (Å²) in [5.74, 6) is 14.3. The minimum absolute atomic E-state index is 0.00225. The van der Waals surface area contributed by atoms with Gasteiger partial charge in [-0.25, -0.2) is 9.97 Å². The molecule has 0 radical (unpaired) electrons. The first-order chi connectivity index (χ1) is 32.3. The maximum atomic E-state index is 13.7.